The first-order valence-corrected chi connectivity index (χ1v) is 10.1. The standard InChI is InChI=1S/C20H15F6N3O3S/c1-11-8-14(6-7-16(11)32-9-17(30)31)33-10-15-18(20(24,25)26)28-29(27-15)13-4-2-12(3-5-13)19(21,22)23/h2-8H,9-10H2,1H3,(H,30,31). The van der Waals surface area contributed by atoms with Crippen molar-refractivity contribution < 1.29 is 41.0 Å². The van der Waals surface area contributed by atoms with Gasteiger partial charge in [-0.1, -0.05) is 0 Å². The summed E-state index contributed by atoms with van der Waals surface area (Å²) in [5.74, 6) is -1.04. The van der Waals surface area contributed by atoms with Crippen molar-refractivity contribution in [1.82, 2.24) is 15.0 Å². The number of carbonyl (C=O) groups is 1. The highest BCUT2D eigenvalue weighted by atomic mass is 32.2. The summed E-state index contributed by atoms with van der Waals surface area (Å²) in [6.07, 6.45) is -9.40. The minimum absolute atomic E-state index is 0.0551. The maximum Gasteiger partial charge on any atom is 0.437 e. The number of benzene rings is 2. The Morgan fingerprint density at radius 3 is 2.24 bits per heavy atom. The number of aromatic nitrogens is 3. The van der Waals surface area contributed by atoms with E-state index in [2.05, 4.69) is 10.2 Å². The summed E-state index contributed by atoms with van der Waals surface area (Å²) >= 11 is 1.03. The summed E-state index contributed by atoms with van der Waals surface area (Å²) < 4.78 is 83.6. The van der Waals surface area contributed by atoms with Gasteiger partial charge in [-0.15, -0.1) is 16.9 Å². The predicted molar refractivity (Wildman–Crippen MR) is 105 cm³/mol. The van der Waals surface area contributed by atoms with E-state index >= 15 is 0 Å². The third-order valence-corrected chi connectivity index (χ3v) is 5.26. The highest BCUT2D eigenvalue weighted by Crippen LogP contribution is 2.35. The third kappa shape index (κ3) is 6.18. The zero-order valence-electron chi connectivity index (χ0n) is 16.7. The van der Waals surface area contributed by atoms with Crippen molar-refractivity contribution in [3.05, 3.63) is 65.0 Å². The van der Waals surface area contributed by atoms with Gasteiger partial charge in [0, 0.05) is 10.6 Å². The number of ether oxygens (including phenoxy) is 1. The first kappa shape index (κ1) is 24.4. The van der Waals surface area contributed by atoms with Crippen LogP contribution in [0.15, 0.2) is 47.4 Å². The fraction of sp³-hybridized carbons (Fsp3) is 0.250. The molecule has 0 saturated carbocycles. The maximum atomic E-state index is 13.5. The molecule has 1 N–H and O–H groups in total. The first-order chi connectivity index (χ1) is 15.3. The molecule has 0 spiro atoms. The molecule has 3 rings (SSSR count). The fourth-order valence-corrected chi connectivity index (χ4v) is 3.64. The molecule has 0 radical (unpaired) electrons. The van der Waals surface area contributed by atoms with Crippen LogP contribution in [0.3, 0.4) is 0 Å². The molecular weight excluding hydrogens is 476 g/mol. The van der Waals surface area contributed by atoms with E-state index in [1.54, 1.807) is 19.1 Å². The second-order valence-corrected chi connectivity index (χ2v) is 7.77. The smallest absolute Gasteiger partial charge is 0.437 e. The van der Waals surface area contributed by atoms with E-state index in [0.717, 1.165) is 36.0 Å². The molecule has 1 heterocycles. The van der Waals surface area contributed by atoms with Crippen molar-refractivity contribution in [2.75, 3.05) is 6.61 Å². The van der Waals surface area contributed by atoms with E-state index in [1.165, 1.54) is 6.07 Å². The van der Waals surface area contributed by atoms with Gasteiger partial charge >= 0.3 is 18.3 Å². The van der Waals surface area contributed by atoms with Crippen LogP contribution >= 0.6 is 11.8 Å². The van der Waals surface area contributed by atoms with Gasteiger partial charge in [-0.25, -0.2) is 4.79 Å². The summed E-state index contributed by atoms with van der Waals surface area (Å²) in [6.45, 7) is 1.12. The van der Waals surface area contributed by atoms with Gasteiger partial charge in [-0.05, 0) is 55.0 Å². The van der Waals surface area contributed by atoms with Crippen LogP contribution < -0.4 is 4.74 Å². The first-order valence-electron chi connectivity index (χ1n) is 9.13. The number of halogens is 6. The van der Waals surface area contributed by atoms with E-state index in [1.807, 2.05) is 0 Å². The Hall–Kier alpha value is -3.22. The SMILES string of the molecule is Cc1cc(SCc2nn(-c3ccc(C(F)(F)F)cc3)nc2C(F)(F)F)ccc1OCC(=O)O. The molecule has 0 bridgehead atoms. The number of aliphatic carboxylic acids is 1. The molecule has 0 unspecified atom stereocenters. The van der Waals surface area contributed by atoms with Crippen molar-refractivity contribution in [1.29, 1.82) is 0 Å². The summed E-state index contributed by atoms with van der Waals surface area (Å²) in [7, 11) is 0. The normalized spacial score (nSPS) is 12.1. The Morgan fingerprint density at radius 1 is 1.03 bits per heavy atom. The number of nitrogens with zero attached hydrogens (tertiary/aromatic N) is 3. The van der Waals surface area contributed by atoms with Crippen LogP contribution in [0, 0.1) is 6.92 Å². The van der Waals surface area contributed by atoms with Crippen LogP contribution in [0.5, 0.6) is 5.75 Å². The molecular formula is C20H15F6N3O3S. The van der Waals surface area contributed by atoms with Crippen LogP contribution in [0.25, 0.3) is 5.69 Å². The second-order valence-electron chi connectivity index (χ2n) is 6.73. The quantitative estimate of drug-likeness (QED) is 0.354. The Balaban J connectivity index is 1.81. The van der Waals surface area contributed by atoms with Crippen molar-refractivity contribution in [3.8, 4) is 11.4 Å². The summed E-state index contributed by atoms with van der Waals surface area (Å²) in [5, 5.41) is 15.9. The Labute approximate surface area is 187 Å². The van der Waals surface area contributed by atoms with Crippen LogP contribution in [0.1, 0.15) is 22.5 Å². The number of aryl methyl sites for hydroxylation is 1. The van der Waals surface area contributed by atoms with Gasteiger partial charge in [0.1, 0.15) is 11.4 Å². The molecule has 176 valence electrons. The number of carboxylic acid groups (broad SMARTS) is 1. The van der Waals surface area contributed by atoms with Gasteiger partial charge in [0.05, 0.1) is 11.3 Å². The van der Waals surface area contributed by atoms with E-state index in [4.69, 9.17) is 9.84 Å². The van der Waals surface area contributed by atoms with E-state index in [0.29, 0.717) is 21.0 Å². The molecule has 0 aliphatic heterocycles. The molecule has 0 aliphatic carbocycles. The summed E-state index contributed by atoms with van der Waals surface area (Å²) in [5.41, 5.74) is -2.05. The van der Waals surface area contributed by atoms with Gasteiger partial charge in [-0.3, -0.25) is 0 Å². The number of rotatable bonds is 7. The summed E-state index contributed by atoms with van der Waals surface area (Å²) in [6, 6.07) is 8.12. The van der Waals surface area contributed by atoms with Crippen molar-refractivity contribution in [3.63, 3.8) is 0 Å². The number of thioether (sulfide) groups is 1. The number of hydrogen-bond acceptors (Lipinski definition) is 5. The topological polar surface area (TPSA) is 77.2 Å². The number of alkyl halides is 6. The lowest BCUT2D eigenvalue weighted by molar-refractivity contribution is -0.142. The molecule has 13 heteroatoms. The lowest BCUT2D eigenvalue weighted by Crippen LogP contribution is -2.10. The van der Waals surface area contributed by atoms with Crippen molar-refractivity contribution in [2.45, 2.75) is 29.9 Å². The van der Waals surface area contributed by atoms with E-state index in [9.17, 15) is 31.1 Å². The minimum atomic E-state index is -4.81. The Kier molecular flexibility index (Phi) is 6.91. The van der Waals surface area contributed by atoms with Crippen molar-refractivity contribution >= 4 is 17.7 Å². The maximum absolute atomic E-state index is 13.5. The molecule has 2 aromatic carbocycles. The molecule has 0 amide bonds. The van der Waals surface area contributed by atoms with Crippen LogP contribution in [0.2, 0.25) is 0 Å². The van der Waals surface area contributed by atoms with Crippen LogP contribution in [-0.4, -0.2) is 32.7 Å². The average Bonchev–Trinajstić information content (AvgIpc) is 3.16. The highest BCUT2D eigenvalue weighted by molar-refractivity contribution is 7.98. The molecule has 0 atom stereocenters. The van der Waals surface area contributed by atoms with Crippen LogP contribution in [0.4, 0.5) is 26.3 Å². The van der Waals surface area contributed by atoms with E-state index < -0.39 is 41.9 Å². The van der Waals surface area contributed by atoms with Gasteiger partial charge in [-0.2, -0.15) is 36.2 Å². The van der Waals surface area contributed by atoms with Gasteiger partial charge in [0.25, 0.3) is 0 Å². The minimum Gasteiger partial charge on any atom is -0.482 e. The van der Waals surface area contributed by atoms with Gasteiger partial charge in [0.15, 0.2) is 12.3 Å². The fourth-order valence-electron chi connectivity index (χ4n) is 2.72. The summed E-state index contributed by atoms with van der Waals surface area (Å²) in [4.78, 5) is 11.8. The second kappa shape index (κ2) is 9.33. The predicted octanol–water partition coefficient (Wildman–Crippen LogP) is 5.37. The zero-order valence-corrected chi connectivity index (χ0v) is 17.6. The molecule has 3 aromatic rings. The largest absolute Gasteiger partial charge is 0.482 e. The molecule has 0 fully saturated rings. The number of hydrogen-bond donors (Lipinski definition) is 1. The van der Waals surface area contributed by atoms with E-state index in [-0.39, 0.29) is 11.4 Å². The number of carboxylic acids is 1. The monoisotopic (exact) mass is 491 g/mol. The molecule has 1 aromatic heterocycles. The van der Waals surface area contributed by atoms with Gasteiger partial charge < -0.3 is 9.84 Å². The highest BCUT2D eigenvalue weighted by Gasteiger charge is 2.38. The van der Waals surface area contributed by atoms with Crippen molar-refractivity contribution in [2.24, 2.45) is 0 Å². The zero-order chi connectivity index (χ0) is 24.4. The Morgan fingerprint density at radius 2 is 1.70 bits per heavy atom. The average molecular weight is 491 g/mol. The third-order valence-electron chi connectivity index (χ3n) is 4.25. The molecule has 33 heavy (non-hydrogen) atoms. The lowest BCUT2D eigenvalue weighted by Gasteiger charge is -2.09. The molecule has 0 aliphatic rings. The molecule has 0 saturated heterocycles. The molecule has 6 nitrogen and oxygen atoms in total. The lowest BCUT2D eigenvalue weighted by atomic mass is 10.2. The van der Waals surface area contributed by atoms with Gasteiger partial charge in [0.2, 0.25) is 0 Å². The Bertz CT molecular complexity index is 1140. The van der Waals surface area contributed by atoms with Crippen LogP contribution in [-0.2, 0) is 22.9 Å².